The van der Waals surface area contributed by atoms with E-state index in [1.807, 2.05) is 0 Å². The van der Waals surface area contributed by atoms with Gasteiger partial charge in [-0.05, 0) is 12.1 Å². The van der Waals surface area contributed by atoms with Crippen LogP contribution < -0.4 is 14.9 Å². The van der Waals surface area contributed by atoms with Gasteiger partial charge in [0.1, 0.15) is 18.1 Å². The van der Waals surface area contributed by atoms with E-state index in [-0.39, 0.29) is 6.61 Å². The van der Waals surface area contributed by atoms with Gasteiger partial charge >= 0.3 is 0 Å². The highest BCUT2D eigenvalue weighted by Gasteiger charge is 2.02. The van der Waals surface area contributed by atoms with Crippen molar-refractivity contribution in [3.05, 3.63) is 46.2 Å². The molecular formula is C12H12N2O4. The number of ether oxygens (including phenoxy) is 2. The Kier molecular flexibility index (Phi) is 3.47. The minimum atomic E-state index is -0.555. The molecule has 0 fully saturated rings. The topological polar surface area (TPSA) is 84.4 Å². The molecule has 0 aliphatic heterocycles. The number of methoxy groups -OCH3 is 1. The zero-order chi connectivity index (χ0) is 13.0. The van der Waals surface area contributed by atoms with E-state index in [1.165, 1.54) is 6.07 Å². The van der Waals surface area contributed by atoms with Crippen LogP contribution in [0.3, 0.4) is 0 Å². The summed E-state index contributed by atoms with van der Waals surface area (Å²) in [6, 6.07) is 8.34. The lowest BCUT2D eigenvalue weighted by Crippen LogP contribution is -2.08. The highest BCUT2D eigenvalue weighted by atomic mass is 16.5. The summed E-state index contributed by atoms with van der Waals surface area (Å²) in [6.45, 7) is 0.148. The van der Waals surface area contributed by atoms with Crippen LogP contribution in [0.15, 0.2) is 35.1 Å². The number of aromatic nitrogens is 2. The van der Waals surface area contributed by atoms with Crippen molar-refractivity contribution in [2.75, 3.05) is 7.11 Å². The Balaban J connectivity index is 2.06. The lowest BCUT2D eigenvalue weighted by molar-refractivity contribution is 0.296. The van der Waals surface area contributed by atoms with Crippen LogP contribution in [0.1, 0.15) is 5.69 Å². The Morgan fingerprint density at radius 2 is 2.11 bits per heavy atom. The standard InChI is InChI=1S/C12H12N2O4/c1-17-9-3-2-4-10(6-9)18-7-8-5-11(15)12(16)14-13-8/h2-6H,7H2,1H3,(H,13,15)(H,14,16). The predicted molar refractivity (Wildman–Crippen MR) is 63.8 cm³/mol. The Morgan fingerprint density at radius 1 is 1.33 bits per heavy atom. The smallest absolute Gasteiger partial charge is 0.277 e. The van der Waals surface area contributed by atoms with Crippen LogP contribution in [0.25, 0.3) is 0 Å². The van der Waals surface area contributed by atoms with Gasteiger partial charge in [-0.2, -0.15) is 0 Å². The molecule has 18 heavy (non-hydrogen) atoms. The van der Waals surface area contributed by atoms with Gasteiger partial charge in [-0.1, -0.05) is 6.07 Å². The predicted octanol–water partition coefficient (Wildman–Crippen LogP) is 1.06. The summed E-state index contributed by atoms with van der Waals surface area (Å²) in [6.07, 6.45) is 0. The van der Waals surface area contributed by atoms with Crippen molar-refractivity contribution < 1.29 is 14.6 Å². The normalized spacial score (nSPS) is 10.1. The molecule has 2 rings (SSSR count). The highest BCUT2D eigenvalue weighted by Crippen LogP contribution is 2.19. The molecule has 2 N–H and O–H groups in total. The average Bonchev–Trinajstić information content (AvgIpc) is 2.40. The quantitative estimate of drug-likeness (QED) is 0.845. The summed E-state index contributed by atoms with van der Waals surface area (Å²) in [5.41, 5.74) is -0.0707. The first-order valence-corrected chi connectivity index (χ1v) is 5.23. The van der Waals surface area contributed by atoms with E-state index in [0.29, 0.717) is 17.2 Å². The minimum absolute atomic E-state index is 0.148. The summed E-state index contributed by atoms with van der Waals surface area (Å²) in [5, 5.41) is 14.9. The van der Waals surface area contributed by atoms with E-state index < -0.39 is 11.3 Å². The molecule has 94 valence electrons. The molecule has 0 unspecified atom stereocenters. The number of rotatable bonds is 4. The van der Waals surface area contributed by atoms with Gasteiger partial charge in [0.15, 0.2) is 0 Å². The molecule has 1 aromatic carbocycles. The number of benzene rings is 1. The Hall–Kier alpha value is -2.50. The molecular weight excluding hydrogens is 236 g/mol. The lowest BCUT2D eigenvalue weighted by Gasteiger charge is -2.07. The van der Waals surface area contributed by atoms with Crippen molar-refractivity contribution in [2.24, 2.45) is 0 Å². The molecule has 0 saturated heterocycles. The zero-order valence-electron chi connectivity index (χ0n) is 9.71. The number of aromatic amines is 1. The van der Waals surface area contributed by atoms with E-state index in [9.17, 15) is 4.79 Å². The van der Waals surface area contributed by atoms with Crippen molar-refractivity contribution >= 4 is 0 Å². The maximum atomic E-state index is 11.1. The number of aromatic hydroxyl groups is 1. The maximum Gasteiger partial charge on any atom is 0.277 e. The number of nitrogens with one attached hydrogen (secondary N) is 1. The molecule has 0 atom stereocenters. The second-order valence-electron chi connectivity index (χ2n) is 3.55. The molecule has 6 nitrogen and oxygen atoms in total. The highest BCUT2D eigenvalue weighted by molar-refractivity contribution is 5.32. The molecule has 0 bridgehead atoms. The third-order valence-corrected chi connectivity index (χ3v) is 2.27. The molecule has 6 heteroatoms. The Labute approximate surface area is 103 Å². The van der Waals surface area contributed by atoms with Crippen LogP contribution in [0.5, 0.6) is 17.4 Å². The average molecular weight is 248 g/mol. The van der Waals surface area contributed by atoms with Crippen molar-refractivity contribution in [3.63, 3.8) is 0 Å². The van der Waals surface area contributed by atoms with Crippen LogP contribution >= 0.6 is 0 Å². The summed E-state index contributed by atoms with van der Waals surface area (Å²) in [7, 11) is 1.57. The first kappa shape index (κ1) is 12.0. The minimum Gasteiger partial charge on any atom is -0.497 e. The fraction of sp³-hybridized carbons (Fsp3) is 0.167. The second kappa shape index (κ2) is 5.22. The van der Waals surface area contributed by atoms with Gasteiger partial charge < -0.3 is 14.6 Å². The van der Waals surface area contributed by atoms with Gasteiger partial charge in [0.05, 0.1) is 12.8 Å². The lowest BCUT2D eigenvalue weighted by atomic mass is 10.3. The fourth-order valence-electron chi connectivity index (χ4n) is 1.36. The van der Waals surface area contributed by atoms with Crippen LogP contribution in [0, 0.1) is 0 Å². The Bertz CT molecular complexity index is 595. The van der Waals surface area contributed by atoms with Gasteiger partial charge in [-0.3, -0.25) is 9.89 Å². The molecule has 1 aromatic heterocycles. The van der Waals surface area contributed by atoms with Crippen molar-refractivity contribution in [1.29, 1.82) is 0 Å². The van der Waals surface area contributed by atoms with Gasteiger partial charge in [0.2, 0.25) is 5.43 Å². The van der Waals surface area contributed by atoms with E-state index in [0.717, 1.165) is 0 Å². The molecule has 0 radical (unpaired) electrons. The van der Waals surface area contributed by atoms with Crippen LogP contribution in [-0.4, -0.2) is 22.4 Å². The first-order valence-electron chi connectivity index (χ1n) is 5.23. The number of hydrogen-bond acceptors (Lipinski definition) is 5. The molecule has 0 aliphatic carbocycles. The second-order valence-corrected chi connectivity index (χ2v) is 3.55. The zero-order valence-corrected chi connectivity index (χ0v) is 9.71. The van der Waals surface area contributed by atoms with E-state index >= 15 is 0 Å². The summed E-state index contributed by atoms with van der Waals surface area (Å²) >= 11 is 0. The fourth-order valence-corrected chi connectivity index (χ4v) is 1.36. The molecule has 0 amide bonds. The number of nitrogens with zero attached hydrogens (tertiary/aromatic N) is 1. The van der Waals surface area contributed by atoms with E-state index in [1.54, 1.807) is 31.4 Å². The summed E-state index contributed by atoms with van der Waals surface area (Å²) in [4.78, 5) is 11.1. The SMILES string of the molecule is COc1cccc(OCc2cc(=O)c(O)n[nH]2)c1. The van der Waals surface area contributed by atoms with E-state index in [4.69, 9.17) is 14.6 Å². The summed E-state index contributed by atoms with van der Waals surface area (Å²) < 4.78 is 10.5. The van der Waals surface area contributed by atoms with Gasteiger partial charge in [-0.25, -0.2) is 0 Å². The largest absolute Gasteiger partial charge is 0.497 e. The maximum absolute atomic E-state index is 11.1. The van der Waals surface area contributed by atoms with Gasteiger partial charge in [0.25, 0.3) is 5.88 Å². The third kappa shape index (κ3) is 2.79. The van der Waals surface area contributed by atoms with Gasteiger partial charge in [0, 0.05) is 12.1 Å². The molecule has 1 heterocycles. The third-order valence-electron chi connectivity index (χ3n) is 2.27. The first-order chi connectivity index (χ1) is 8.69. The number of hydrogen-bond donors (Lipinski definition) is 2. The van der Waals surface area contributed by atoms with Crippen molar-refractivity contribution in [2.45, 2.75) is 6.61 Å². The van der Waals surface area contributed by atoms with Gasteiger partial charge in [-0.15, -0.1) is 5.10 Å². The molecule has 0 saturated carbocycles. The monoisotopic (exact) mass is 248 g/mol. The van der Waals surface area contributed by atoms with Crippen molar-refractivity contribution in [3.8, 4) is 17.4 Å². The number of H-pyrrole nitrogens is 1. The summed E-state index contributed by atoms with van der Waals surface area (Å²) in [5.74, 6) is 0.744. The van der Waals surface area contributed by atoms with Crippen molar-refractivity contribution in [1.82, 2.24) is 10.2 Å². The Morgan fingerprint density at radius 3 is 2.83 bits per heavy atom. The van der Waals surface area contributed by atoms with Crippen LogP contribution in [0.4, 0.5) is 0 Å². The van der Waals surface area contributed by atoms with E-state index in [2.05, 4.69) is 10.2 Å². The molecule has 0 spiro atoms. The molecule has 0 aliphatic rings. The van der Waals surface area contributed by atoms with Crippen LogP contribution in [0.2, 0.25) is 0 Å². The molecule has 2 aromatic rings. The van der Waals surface area contributed by atoms with Crippen LogP contribution in [-0.2, 0) is 6.61 Å².